The summed E-state index contributed by atoms with van der Waals surface area (Å²) in [5, 5.41) is 0. The topological polar surface area (TPSA) is 3.24 Å². The molecule has 3 unspecified atom stereocenters. The van der Waals surface area contributed by atoms with Crippen molar-refractivity contribution < 1.29 is 0 Å². The van der Waals surface area contributed by atoms with Gasteiger partial charge in [-0.1, -0.05) is 148 Å². The highest BCUT2D eigenvalue weighted by molar-refractivity contribution is 5.88. The molecule has 0 aromatic heterocycles. The molecule has 2 saturated carbocycles. The highest BCUT2D eigenvalue weighted by Crippen LogP contribution is 2.54. The van der Waals surface area contributed by atoms with E-state index in [0.717, 1.165) is 29.1 Å². The monoisotopic (exact) mass is 697 g/mol. The van der Waals surface area contributed by atoms with Crippen molar-refractivity contribution in [1.29, 1.82) is 0 Å². The highest BCUT2D eigenvalue weighted by Gasteiger charge is 2.40. The van der Waals surface area contributed by atoms with Gasteiger partial charge in [-0.25, -0.2) is 0 Å². The van der Waals surface area contributed by atoms with E-state index in [9.17, 15) is 0 Å². The van der Waals surface area contributed by atoms with Crippen LogP contribution in [0.2, 0.25) is 0 Å². The molecule has 0 aliphatic heterocycles. The molecule has 0 N–H and O–H groups in total. The maximum absolute atomic E-state index is 2.44. The van der Waals surface area contributed by atoms with Crippen LogP contribution in [0.1, 0.15) is 67.7 Å². The normalized spacial score (nSPS) is 19.1. The molecule has 1 heteroatoms. The molecule has 1 nitrogen and oxygen atoms in total. The SMILES string of the molecule is Cc1cccc2c1-c1ccc(N(c3ccc(-c4ccc(C5CC6CCC5C6)cc4)cc3)c3ccc(-c4ccccc4-c4ccccc4)cc3)cc1C2(C)C. The number of fused-ring (bicyclic) bond motifs is 5. The van der Waals surface area contributed by atoms with Crippen LogP contribution in [0.3, 0.4) is 0 Å². The summed E-state index contributed by atoms with van der Waals surface area (Å²) in [6.45, 7) is 7.00. The maximum atomic E-state index is 2.44. The van der Waals surface area contributed by atoms with Gasteiger partial charge < -0.3 is 4.90 Å². The molecule has 0 radical (unpaired) electrons. The van der Waals surface area contributed by atoms with E-state index in [1.165, 1.54) is 92.6 Å². The van der Waals surface area contributed by atoms with Gasteiger partial charge in [0.25, 0.3) is 0 Å². The molecule has 0 heterocycles. The Labute approximate surface area is 321 Å². The summed E-state index contributed by atoms with van der Waals surface area (Å²) in [6.07, 6.45) is 5.71. The molecule has 0 spiro atoms. The van der Waals surface area contributed by atoms with Gasteiger partial charge in [0.05, 0.1) is 0 Å². The van der Waals surface area contributed by atoms with E-state index in [-0.39, 0.29) is 5.41 Å². The first-order valence-corrected chi connectivity index (χ1v) is 19.9. The second-order valence-electron chi connectivity index (χ2n) is 16.6. The van der Waals surface area contributed by atoms with Crippen molar-refractivity contribution in [3.63, 3.8) is 0 Å². The van der Waals surface area contributed by atoms with E-state index in [1.807, 2.05) is 0 Å². The first-order chi connectivity index (χ1) is 26.4. The molecule has 10 rings (SSSR count). The highest BCUT2D eigenvalue weighted by atomic mass is 15.1. The average molecular weight is 698 g/mol. The zero-order valence-corrected chi connectivity index (χ0v) is 31.6. The van der Waals surface area contributed by atoms with Gasteiger partial charge in [0.15, 0.2) is 0 Å². The number of hydrogen-bond acceptors (Lipinski definition) is 1. The van der Waals surface area contributed by atoms with E-state index in [4.69, 9.17) is 0 Å². The number of aryl methyl sites for hydroxylation is 1. The van der Waals surface area contributed by atoms with Crippen LogP contribution in [0.4, 0.5) is 17.1 Å². The van der Waals surface area contributed by atoms with Crippen LogP contribution in [0.15, 0.2) is 164 Å². The molecule has 3 aliphatic rings. The maximum Gasteiger partial charge on any atom is 0.0465 e. The van der Waals surface area contributed by atoms with Gasteiger partial charge in [0, 0.05) is 22.5 Å². The summed E-state index contributed by atoms with van der Waals surface area (Å²) in [4.78, 5) is 2.43. The number of benzene rings is 7. The predicted octanol–water partition coefficient (Wildman–Crippen LogP) is 14.7. The third kappa shape index (κ3) is 5.52. The molecular formula is C53H47N. The van der Waals surface area contributed by atoms with Crippen LogP contribution in [-0.4, -0.2) is 0 Å². The molecule has 7 aromatic rings. The lowest BCUT2D eigenvalue weighted by atomic mass is 9.82. The average Bonchev–Trinajstić information content (AvgIpc) is 3.92. The molecule has 264 valence electrons. The second-order valence-corrected chi connectivity index (χ2v) is 16.6. The van der Waals surface area contributed by atoms with Crippen molar-refractivity contribution in [1.82, 2.24) is 0 Å². The van der Waals surface area contributed by atoms with Gasteiger partial charge in [-0.3, -0.25) is 0 Å². The minimum atomic E-state index is -0.0859. The van der Waals surface area contributed by atoms with Gasteiger partial charge in [-0.05, 0) is 147 Å². The van der Waals surface area contributed by atoms with E-state index in [2.05, 4.69) is 189 Å². The third-order valence-corrected chi connectivity index (χ3v) is 13.1. The fraction of sp³-hybridized carbons (Fsp3) is 0.208. The zero-order valence-electron chi connectivity index (χ0n) is 31.6. The zero-order chi connectivity index (χ0) is 36.4. The molecule has 54 heavy (non-hydrogen) atoms. The lowest BCUT2D eigenvalue weighted by Crippen LogP contribution is -2.16. The lowest BCUT2D eigenvalue weighted by Gasteiger charge is -2.28. The largest absolute Gasteiger partial charge is 0.310 e. The molecule has 0 amide bonds. The summed E-state index contributed by atoms with van der Waals surface area (Å²) < 4.78 is 0. The van der Waals surface area contributed by atoms with E-state index < -0.39 is 0 Å². The van der Waals surface area contributed by atoms with Crippen LogP contribution in [-0.2, 0) is 5.41 Å². The van der Waals surface area contributed by atoms with Crippen LogP contribution in [0.25, 0.3) is 44.5 Å². The van der Waals surface area contributed by atoms with E-state index in [1.54, 1.807) is 5.56 Å². The van der Waals surface area contributed by atoms with E-state index >= 15 is 0 Å². The number of rotatable bonds is 7. The summed E-state index contributed by atoms with van der Waals surface area (Å²) in [5.41, 5.74) is 19.3. The molecule has 7 aromatic carbocycles. The third-order valence-electron chi connectivity index (χ3n) is 13.1. The van der Waals surface area contributed by atoms with E-state index in [0.29, 0.717) is 0 Å². The molecular weight excluding hydrogens is 651 g/mol. The molecule has 0 saturated heterocycles. The summed E-state index contributed by atoms with van der Waals surface area (Å²) in [7, 11) is 0. The summed E-state index contributed by atoms with van der Waals surface area (Å²) in [6, 6.07) is 61.2. The summed E-state index contributed by atoms with van der Waals surface area (Å²) in [5.74, 6) is 2.63. The van der Waals surface area contributed by atoms with Crippen LogP contribution in [0.5, 0.6) is 0 Å². The van der Waals surface area contributed by atoms with Crippen molar-refractivity contribution in [2.24, 2.45) is 11.8 Å². The molecule has 2 bridgehead atoms. The Kier molecular flexibility index (Phi) is 7.95. The second kappa shape index (κ2) is 13.0. The first kappa shape index (κ1) is 32.9. The standard InChI is InChI=1S/C53H47N/c1-35-10-9-15-50-52(35)48-31-30-45(34-51(48)53(50,2)3)54(44-28-24-40(25-29-44)47-14-8-7-13-46(47)39-11-5-4-6-12-39)43-26-22-38(23-27-43)37-18-20-41(21-19-37)49-33-36-16-17-42(49)32-36/h4-15,18-31,34,36,42,49H,16-17,32-33H2,1-3H3. The minimum absolute atomic E-state index is 0.0859. The quantitative estimate of drug-likeness (QED) is 0.160. The molecule has 3 atom stereocenters. The van der Waals surface area contributed by atoms with Gasteiger partial charge in [-0.2, -0.15) is 0 Å². The summed E-state index contributed by atoms with van der Waals surface area (Å²) >= 11 is 0. The fourth-order valence-corrected chi connectivity index (χ4v) is 10.3. The van der Waals surface area contributed by atoms with Crippen LogP contribution < -0.4 is 4.90 Å². The molecule has 3 aliphatic carbocycles. The minimum Gasteiger partial charge on any atom is -0.310 e. The van der Waals surface area contributed by atoms with Crippen molar-refractivity contribution in [3.8, 4) is 44.5 Å². The predicted molar refractivity (Wildman–Crippen MR) is 228 cm³/mol. The van der Waals surface area contributed by atoms with Gasteiger partial charge in [0.2, 0.25) is 0 Å². The van der Waals surface area contributed by atoms with Crippen LogP contribution >= 0.6 is 0 Å². The first-order valence-electron chi connectivity index (χ1n) is 19.9. The lowest BCUT2D eigenvalue weighted by molar-refractivity contribution is 0.420. The van der Waals surface area contributed by atoms with Crippen LogP contribution in [0, 0.1) is 18.8 Å². The Balaban J connectivity index is 1.03. The fourth-order valence-electron chi connectivity index (χ4n) is 10.3. The van der Waals surface area contributed by atoms with Crippen molar-refractivity contribution in [3.05, 3.63) is 186 Å². The Morgan fingerprint density at radius 2 is 1.07 bits per heavy atom. The van der Waals surface area contributed by atoms with Gasteiger partial charge in [-0.15, -0.1) is 0 Å². The number of hydrogen-bond donors (Lipinski definition) is 0. The van der Waals surface area contributed by atoms with Crippen molar-refractivity contribution in [2.75, 3.05) is 4.90 Å². The Morgan fingerprint density at radius 1 is 0.481 bits per heavy atom. The molecule has 2 fully saturated rings. The Bertz CT molecular complexity index is 2470. The Hall–Kier alpha value is -5.66. The van der Waals surface area contributed by atoms with Gasteiger partial charge >= 0.3 is 0 Å². The number of anilines is 3. The van der Waals surface area contributed by atoms with Gasteiger partial charge in [0.1, 0.15) is 0 Å². The number of nitrogens with zero attached hydrogens (tertiary/aromatic N) is 1. The Morgan fingerprint density at radius 3 is 1.70 bits per heavy atom. The smallest absolute Gasteiger partial charge is 0.0465 e. The van der Waals surface area contributed by atoms with Crippen molar-refractivity contribution in [2.45, 2.75) is 57.8 Å². The van der Waals surface area contributed by atoms with Crippen molar-refractivity contribution >= 4 is 17.1 Å².